The molecule has 0 N–H and O–H groups in total. The van der Waals surface area contributed by atoms with Gasteiger partial charge in [0.15, 0.2) is 0 Å². The molecule has 174 valence electrons. The van der Waals surface area contributed by atoms with Crippen LogP contribution >= 0.6 is 0 Å². The van der Waals surface area contributed by atoms with Crippen LogP contribution in [0.3, 0.4) is 0 Å². The molecular weight excluding hydrogens is 412 g/mol. The van der Waals surface area contributed by atoms with Crippen molar-refractivity contribution in [1.82, 2.24) is 9.80 Å². The third-order valence-corrected chi connectivity index (χ3v) is 6.02. The summed E-state index contributed by atoms with van der Waals surface area (Å²) >= 11 is 0. The minimum absolute atomic E-state index is 0.0559. The smallest absolute Gasteiger partial charge is 0.416 e. The summed E-state index contributed by atoms with van der Waals surface area (Å²) in [5.41, 5.74) is -1.38. The molecule has 1 aromatic carbocycles. The lowest BCUT2D eigenvalue weighted by atomic mass is 9.95. The van der Waals surface area contributed by atoms with Gasteiger partial charge in [0.25, 0.3) is 0 Å². The molecule has 8 heteroatoms. The fraction of sp³-hybridized carbons (Fsp3) is 0.696. The zero-order valence-electron chi connectivity index (χ0n) is 18.6. The SMILES string of the molecule is CC(c1ccc(F)cc1C(F)(F)F)N(CC1CC1)C1CCN(C(=O)OC(C)(C)C)CC1. The first kappa shape index (κ1) is 23.8. The highest BCUT2D eigenvalue weighted by atomic mass is 19.4. The summed E-state index contributed by atoms with van der Waals surface area (Å²) in [4.78, 5) is 16.1. The summed E-state index contributed by atoms with van der Waals surface area (Å²) in [7, 11) is 0. The summed E-state index contributed by atoms with van der Waals surface area (Å²) in [5.74, 6) is -0.399. The Morgan fingerprint density at radius 2 is 1.77 bits per heavy atom. The summed E-state index contributed by atoms with van der Waals surface area (Å²) in [6, 6.07) is 2.50. The Morgan fingerprint density at radius 3 is 2.29 bits per heavy atom. The molecule has 1 aliphatic heterocycles. The molecule has 4 nitrogen and oxygen atoms in total. The predicted octanol–water partition coefficient (Wildman–Crippen LogP) is 6.02. The van der Waals surface area contributed by atoms with Crippen LogP contribution in [0.15, 0.2) is 18.2 Å². The van der Waals surface area contributed by atoms with Gasteiger partial charge in [-0.2, -0.15) is 13.2 Å². The first-order valence-electron chi connectivity index (χ1n) is 11.0. The zero-order valence-corrected chi connectivity index (χ0v) is 18.6. The first-order valence-corrected chi connectivity index (χ1v) is 11.0. The van der Waals surface area contributed by atoms with Gasteiger partial charge in [0.1, 0.15) is 11.4 Å². The van der Waals surface area contributed by atoms with Crippen molar-refractivity contribution in [3.63, 3.8) is 0 Å². The van der Waals surface area contributed by atoms with E-state index in [1.807, 2.05) is 20.8 Å². The minimum atomic E-state index is -4.61. The molecule has 1 atom stereocenters. The normalized spacial score (nSPS) is 19.6. The van der Waals surface area contributed by atoms with Gasteiger partial charge < -0.3 is 9.64 Å². The second-order valence-corrected chi connectivity index (χ2v) is 9.74. The van der Waals surface area contributed by atoms with Gasteiger partial charge in [-0.05, 0) is 77.0 Å². The Bertz CT molecular complexity index is 779. The van der Waals surface area contributed by atoms with Crippen LogP contribution < -0.4 is 0 Å². The third kappa shape index (κ3) is 6.34. The lowest BCUT2D eigenvalue weighted by molar-refractivity contribution is -0.139. The van der Waals surface area contributed by atoms with E-state index in [9.17, 15) is 22.4 Å². The molecule has 0 bridgehead atoms. The summed E-state index contributed by atoms with van der Waals surface area (Å²) < 4.78 is 59.8. The second kappa shape index (κ2) is 8.96. The Balaban J connectivity index is 1.76. The Morgan fingerprint density at radius 1 is 1.16 bits per heavy atom. The monoisotopic (exact) mass is 444 g/mol. The number of piperidine rings is 1. The number of amides is 1. The van der Waals surface area contributed by atoms with E-state index in [1.54, 1.807) is 11.8 Å². The predicted molar refractivity (Wildman–Crippen MR) is 110 cm³/mol. The topological polar surface area (TPSA) is 32.8 Å². The number of ether oxygens (including phenoxy) is 1. The van der Waals surface area contributed by atoms with Crippen molar-refractivity contribution in [1.29, 1.82) is 0 Å². The number of hydrogen-bond acceptors (Lipinski definition) is 3. The van der Waals surface area contributed by atoms with E-state index >= 15 is 0 Å². The van der Waals surface area contributed by atoms with Gasteiger partial charge in [-0.15, -0.1) is 0 Å². The fourth-order valence-corrected chi connectivity index (χ4v) is 4.25. The van der Waals surface area contributed by atoms with Crippen LogP contribution in [0.4, 0.5) is 22.4 Å². The van der Waals surface area contributed by atoms with E-state index < -0.39 is 29.2 Å². The van der Waals surface area contributed by atoms with Crippen LogP contribution in [0, 0.1) is 11.7 Å². The number of halogens is 4. The quantitative estimate of drug-likeness (QED) is 0.521. The summed E-state index contributed by atoms with van der Waals surface area (Å²) in [6.45, 7) is 8.94. The van der Waals surface area contributed by atoms with Crippen LogP contribution in [0.5, 0.6) is 0 Å². The zero-order chi connectivity index (χ0) is 23.0. The second-order valence-electron chi connectivity index (χ2n) is 9.74. The number of carbonyl (C=O) groups excluding carboxylic acids is 1. The molecule has 1 aromatic rings. The average molecular weight is 445 g/mol. The van der Waals surface area contributed by atoms with Crippen LogP contribution in [0.1, 0.15) is 70.5 Å². The molecule has 1 saturated heterocycles. The van der Waals surface area contributed by atoms with Gasteiger partial charge in [0.05, 0.1) is 5.56 Å². The molecule has 0 aromatic heterocycles. The highest BCUT2D eigenvalue weighted by Crippen LogP contribution is 2.40. The summed E-state index contributed by atoms with van der Waals surface area (Å²) in [6.07, 6.45) is -1.48. The van der Waals surface area contributed by atoms with Gasteiger partial charge in [-0.3, -0.25) is 4.90 Å². The number of nitrogens with zero attached hydrogens (tertiary/aromatic N) is 2. The van der Waals surface area contributed by atoms with Crippen LogP contribution in [-0.2, 0) is 10.9 Å². The third-order valence-electron chi connectivity index (χ3n) is 6.02. The molecule has 2 fully saturated rings. The first-order chi connectivity index (χ1) is 14.3. The number of hydrogen-bond donors (Lipinski definition) is 0. The molecule has 1 unspecified atom stereocenters. The molecule has 1 saturated carbocycles. The number of carbonyl (C=O) groups is 1. The number of rotatable bonds is 5. The maximum absolute atomic E-state index is 13.6. The average Bonchev–Trinajstić information content (AvgIpc) is 3.48. The van der Waals surface area contributed by atoms with Crippen molar-refractivity contribution in [2.45, 2.75) is 77.2 Å². The molecular formula is C23H32F4N2O2. The van der Waals surface area contributed by atoms with Gasteiger partial charge >= 0.3 is 12.3 Å². The van der Waals surface area contributed by atoms with Crippen molar-refractivity contribution >= 4 is 6.09 Å². The van der Waals surface area contributed by atoms with Crippen molar-refractivity contribution < 1.29 is 27.1 Å². The fourth-order valence-electron chi connectivity index (χ4n) is 4.25. The molecule has 31 heavy (non-hydrogen) atoms. The number of benzene rings is 1. The standard InChI is InChI=1S/C23H32F4N2O2/c1-15(19-8-7-17(24)13-20(19)23(25,26)27)29(14-16-5-6-16)18-9-11-28(12-10-18)21(30)31-22(2,3)4/h7-8,13,15-16,18H,5-6,9-12,14H2,1-4H3. The van der Waals surface area contributed by atoms with Crippen LogP contribution in [0.2, 0.25) is 0 Å². The molecule has 0 radical (unpaired) electrons. The van der Waals surface area contributed by atoms with E-state index in [2.05, 4.69) is 4.90 Å². The van der Waals surface area contributed by atoms with Gasteiger partial charge in [0.2, 0.25) is 0 Å². The maximum atomic E-state index is 13.6. The van der Waals surface area contributed by atoms with Crippen LogP contribution in [-0.4, -0.2) is 47.2 Å². The van der Waals surface area contributed by atoms with Crippen LogP contribution in [0.25, 0.3) is 0 Å². The van der Waals surface area contributed by atoms with E-state index in [0.29, 0.717) is 44.5 Å². The van der Waals surface area contributed by atoms with Crippen molar-refractivity contribution in [3.05, 3.63) is 35.1 Å². The highest BCUT2D eigenvalue weighted by molar-refractivity contribution is 5.68. The molecule has 2 aliphatic rings. The Hall–Kier alpha value is -1.83. The van der Waals surface area contributed by atoms with Gasteiger partial charge in [0, 0.05) is 31.7 Å². The minimum Gasteiger partial charge on any atom is -0.444 e. The largest absolute Gasteiger partial charge is 0.444 e. The van der Waals surface area contributed by atoms with E-state index in [-0.39, 0.29) is 17.7 Å². The number of alkyl halides is 3. The van der Waals surface area contributed by atoms with Crippen molar-refractivity contribution in [3.8, 4) is 0 Å². The van der Waals surface area contributed by atoms with E-state index in [4.69, 9.17) is 4.74 Å². The highest BCUT2D eigenvalue weighted by Gasteiger charge is 2.39. The van der Waals surface area contributed by atoms with E-state index in [0.717, 1.165) is 18.9 Å². The van der Waals surface area contributed by atoms with Crippen molar-refractivity contribution in [2.75, 3.05) is 19.6 Å². The lowest BCUT2D eigenvalue weighted by Gasteiger charge is -2.42. The van der Waals surface area contributed by atoms with Crippen molar-refractivity contribution in [2.24, 2.45) is 5.92 Å². The molecule has 3 rings (SSSR count). The Kier molecular flexibility index (Phi) is 6.89. The molecule has 1 amide bonds. The molecule has 0 spiro atoms. The molecule has 1 heterocycles. The molecule has 1 aliphatic carbocycles. The maximum Gasteiger partial charge on any atom is 0.416 e. The summed E-state index contributed by atoms with van der Waals surface area (Å²) in [5, 5.41) is 0. The van der Waals surface area contributed by atoms with Gasteiger partial charge in [-0.1, -0.05) is 6.07 Å². The van der Waals surface area contributed by atoms with Gasteiger partial charge in [-0.25, -0.2) is 9.18 Å². The van der Waals surface area contributed by atoms with E-state index in [1.165, 1.54) is 6.07 Å². The number of likely N-dealkylation sites (tertiary alicyclic amines) is 1. The lowest BCUT2D eigenvalue weighted by Crippen LogP contribution is -2.49. The Labute approximate surface area is 181 Å².